The van der Waals surface area contributed by atoms with Gasteiger partial charge in [-0.1, -0.05) is 13.8 Å². The Balaban J connectivity index is 1.97. The first-order valence-corrected chi connectivity index (χ1v) is 7.19. The van der Waals surface area contributed by atoms with Gasteiger partial charge in [-0.25, -0.2) is 0 Å². The first-order chi connectivity index (χ1) is 8.68. The van der Waals surface area contributed by atoms with Crippen molar-refractivity contribution in [1.82, 2.24) is 10.2 Å². The predicted octanol–water partition coefficient (Wildman–Crippen LogP) is 3.05. The van der Waals surface area contributed by atoms with Crippen molar-refractivity contribution >= 4 is 0 Å². The van der Waals surface area contributed by atoms with E-state index in [1.165, 1.54) is 25.9 Å². The smallest absolute Gasteiger partial charge is 0.122 e. The second-order valence-corrected chi connectivity index (χ2v) is 5.72. The number of nitrogens with one attached hydrogen (secondary N) is 1. The molecule has 1 aliphatic rings. The fourth-order valence-electron chi connectivity index (χ4n) is 2.48. The Morgan fingerprint density at radius 1 is 1.28 bits per heavy atom. The molecule has 102 valence electrons. The van der Waals surface area contributed by atoms with Crippen molar-refractivity contribution in [2.24, 2.45) is 5.92 Å². The van der Waals surface area contributed by atoms with Gasteiger partial charge >= 0.3 is 0 Å². The van der Waals surface area contributed by atoms with Crippen LogP contribution in [0, 0.1) is 5.92 Å². The van der Waals surface area contributed by atoms with Crippen LogP contribution >= 0.6 is 0 Å². The van der Waals surface area contributed by atoms with Gasteiger partial charge in [0, 0.05) is 12.6 Å². The summed E-state index contributed by atoms with van der Waals surface area (Å²) >= 11 is 0. The van der Waals surface area contributed by atoms with Gasteiger partial charge in [0.2, 0.25) is 0 Å². The highest BCUT2D eigenvalue weighted by molar-refractivity contribution is 5.06. The summed E-state index contributed by atoms with van der Waals surface area (Å²) in [6, 6.07) is 5.03. The maximum absolute atomic E-state index is 5.62. The first-order valence-electron chi connectivity index (χ1n) is 7.19. The van der Waals surface area contributed by atoms with E-state index in [2.05, 4.69) is 37.1 Å². The molecular formula is C15H26N2O. The van der Waals surface area contributed by atoms with Gasteiger partial charge in [-0.05, 0) is 50.9 Å². The van der Waals surface area contributed by atoms with E-state index in [9.17, 15) is 0 Å². The zero-order chi connectivity index (χ0) is 13.0. The average Bonchev–Trinajstić information content (AvgIpc) is 3.01. The van der Waals surface area contributed by atoms with Gasteiger partial charge in [0.25, 0.3) is 0 Å². The van der Waals surface area contributed by atoms with Crippen LogP contribution in [0.1, 0.15) is 45.4 Å². The van der Waals surface area contributed by atoms with Crippen molar-refractivity contribution in [2.45, 2.75) is 45.7 Å². The molecule has 1 saturated heterocycles. The van der Waals surface area contributed by atoms with Crippen LogP contribution in [0.15, 0.2) is 22.8 Å². The van der Waals surface area contributed by atoms with Gasteiger partial charge in [0.1, 0.15) is 5.76 Å². The van der Waals surface area contributed by atoms with Crippen LogP contribution in [-0.4, -0.2) is 30.6 Å². The van der Waals surface area contributed by atoms with Crippen molar-refractivity contribution in [3.8, 4) is 0 Å². The minimum Gasteiger partial charge on any atom is -0.468 e. The molecule has 2 heterocycles. The van der Waals surface area contributed by atoms with Crippen molar-refractivity contribution in [2.75, 3.05) is 19.6 Å². The number of furan rings is 1. The predicted molar refractivity (Wildman–Crippen MR) is 74.6 cm³/mol. The highest BCUT2D eigenvalue weighted by Crippen LogP contribution is 2.25. The summed E-state index contributed by atoms with van der Waals surface area (Å²) in [6.07, 6.45) is 4.41. The van der Waals surface area contributed by atoms with Gasteiger partial charge in [-0.15, -0.1) is 0 Å². The molecule has 2 unspecified atom stereocenters. The third-order valence-corrected chi connectivity index (χ3v) is 4.09. The van der Waals surface area contributed by atoms with Crippen LogP contribution in [0.25, 0.3) is 0 Å². The van der Waals surface area contributed by atoms with E-state index in [1.54, 1.807) is 6.26 Å². The summed E-state index contributed by atoms with van der Waals surface area (Å²) in [5, 5.41) is 3.65. The maximum atomic E-state index is 5.62. The van der Waals surface area contributed by atoms with E-state index in [1.807, 2.05) is 6.07 Å². The summed E-state index contributed by atoms with van der Waals surface area (Å²) in [6.45, 7) is 10.2. The molecule has 0 aliphatic carbocycles. The fourth-order valence-corrected chi connectivity index (χ4v) is 2.48. The van der Waals surface area contributed by atoms with Crippen molar-refractivity contribution in [3.05, 3.63) is 24.2 Å². The van der Waals surface area contributed by atoms with Crippen LogP contribution in [0.5, 0.6) is 0 Å². The lowest BCUT2D eigenvalue weighted by Gasteiger charge is -2.28. The zero-order valence-electron chi connectivity index (χ0n) is 11.9. The van der Waals surface area contributed by atoms with Gasteiger partial charge in [0.05, 0.1) is 12.3 Å². The van der Waals surface area contributed by atoms with Crippen LogP contribution in [0.2, 0.25) is 0 Å². The molecule has 0 aromatic carbocycles. The SMILES string of the molecule is CC(C)C(C)NCC(c1ccco1)N1CCCC1. The molecule has 1 fully saturated rings. The largest absolute Gasteiger partial charge is 0.468 e. The zero-order valence-corrected chi connectivity index (χ0v) is 11.9. The lowest BCUT2D eigenvalue weighted by atomic mass is 10.1. The normalized spacial score (nSPS) is 20.4. The number of nitrogens with zero attached hydrogens (tertiary/aromatic N) is 1. The van der Waals surface area contributed by atoms with Crippen LogP contribution in [-0.2, 0) is 0 Å². The van der Waals surface area contributed by atoms with E-state index in [0.717, 1.165) is 12.3 Å². The first kappa shape index (κ1) is 13.6. The molecule has 1 N–H and O–H groups in total. The third-order valence-electron chi connectivity index (χ3n) is 4.09. The molecule has 18 heavy (non-hydrogen) atoms. The summed E-state index contributed by atoms with van der Waals surface area (Å²) in [7, 11) is 0. The third kappa shape index (κ3) is 3.36. The Labute approximate surface area is 111 Å². The van der Waals surface area contributed by atoms with E-state index in [0.29, 0.717) is 18.0 Å². The summed E-state index contributed by atoms with van der Waals surface area (Å²) in [5.41, 5.74) is 0. The van der Waals surface area contributed by atoms with E-state index < -0.39 is 0 Å². The second kappa shape index (κ2) is 6.39. The molecule has 1 aromatic rings. The average molecular weight is 250 g/mol. The Hall–Kier alpha value is -0.800. The molecule has 0 bridgehead atoms. The number of likely N-dealkylation sites (tertiary alicyclic amines) is 1. The Morgan fingerprint density at radius 3 is 2.56 bits per heavy atom. The number of rotatable bonds is 6. The molecule has 3 nitrogen and oxygen atoms in total. The fraction of sp³-hybridized carbons (Fsp3) is 0.733. The van der Waals surface area contributed by atoms with Crippen LogP contribution in [0.3, 0.4) is 0 Å². The van der Waals surface area contributed by atoms with Gasteiger partial charge in [0.15, 0.2) is 0 Å². The van der Waals surface area contributed by atoms with Crippen molar-refractivity contribution in [1.29, 1.82) is 0 Å². The van der Waals surface area contributed by atoms with Crippen LogP contribution in [0.4, 0.5) is 0 Å². The molecule has 1 aliphatic heterocycles. The molecule has 0 amide bonds. The molecule has 2 atom stereocenters. The molecule has 3 heteroatoms. The highest BCUT2D eigenvalue weighted by Gasteiger charge is 2.25. The molecule has 1 aromatic heterocycles. The summed E-state index contributed by atoms with van der Waals surface area (Å²) < 4.78 is 5.62. The van der Waals surface area contributed by atoms with Gasteiger partial charge < -0.3 is 9.73 Å². The van der Waals surface area contributed by atoms with E-state index in [-0.39, 0.29) is 0 Å². The standard InChI is InChI=1S/C15H26N2O/c1-12(2)13(3)16-11-14(15-7-6-10-18-15)17-8-4-5-9-17/h6-7,10,12-14,16H,4-5,8-9,11H2,1-3H3. The van der Waals surface area contributed by atoms with Crippen molar-refractivity contribution < 1.29 is 4.42 Å². The minimum absolute atomic E-state index is 0.392. The number of hydrogen-bond donors (Lipinski definition) is 1. The van der Waals surface area contributed by atoms with Gasteiger partial charge in [-0.3, -0.25) is 4.90 Å². The van der Waals surface area contributed by atoms with Crippen molar-refractivity contribution in [3.63, 3.8) is 0 Å². The summed E-state index contributed by atoms with van der Waals surface area (Å²) in [4.78, 5) is 2.54. The van der Waals surface area contributed by atoms with E-state index in [4.69, 9.17) is 4.42 Å². The molecule has 2 rings (SSSR count). The lowest BCUT2D eigenvalue weighted by molar-refractivity contribution is 0.201. The van der Waals surface area contributed by atoms with E-state index >= 15 is 0 Å². The second-order valence-electron chi connectivity index (χ2n) is 5.72. The quantitative estimate of drug-likeness (QED) is 0.841. The minimum atomic E-state index is 0.392. The molecule has 0 saturated carbocycles. The molecular weight excluding hydrogens is 224 g/mol. The Kier molecular flexibility index (Phi) is 4.84. The monoisotopic (exact) mass is 250 g/mol. The summed E-state index contributed by atoms with van der Waals surface area (Å²) in [5.74, 6) is 1.76. The van der Waals surface area contributed by atoms with Gasteiger partial charge in [-0.2, -0.15) is 0 Å². The topological polar surface area (TPSA) is 28.4 Å². The number of hydrogen-bond acceptors (Lipinski definition) is 3. The molecule has 0 spiro atoms. The maximum Gasteiger partial charge on any atom is 0.122 e. The molecule has 0 radical (unpaired) electrons. The lowest BCUT2D eigenvalue weighted by Crippen LogP contribution is -2.39. The van der Waals surface area contributed by atoms with Crippen LogP contribution < -0.4 is 5.32 Å². The Bertz CT molecular complexity index is 328. The highest BCUT2D eigenvalue weighted by atomic mass is 16.3. The Morgan fingerprint density at radius 2 is 2.00 bits per heavy atom.